The molecule has 0 saturated carbocycles. The summed E-state index contributed by atoms with van der Waals surface area (Å²) >= 11 is 0. The molecule has 3 nitrogen and oxygen atoms in total. The molecule has 0 amide bonds. The summed E-state index contributed by atoms with van der Waals surface area (Å²) in [4.78, 5) is 14.8. The SMILES string of the molecule is C=CCNOC(=O)CC.[NaH]. The van der Waals surface area contributed by atoms with E-state index in [1.165, 1.54) is 0 Å². The second-order valence-electron chi connectivity index (χ2n) is 1.46. The molecule has 54 valence electrons. The van der Waals surface area contributed by atoms with Gasteiger partial charge in [-0.15, -0.1) is 12.1 Å². The molecule has 0 aromatic rings. The van der Waals surface area contributed by atoms with Crippen LogP contribution in [0.4, 0.5) is 0 Å². The molecule has 0 unspecified atom stereocenters. The van der Waals surface area contributed by atoms with E-state index in [9.17, 15) is 4.79 Å². The fourth-order valence-electron chi connectivity index (χ4n) is 0.253. The van der Waals surface area contributed by atoms with Crippen molar-refractivity contribution in [3.05, 3.63) is 12.7 Å². The maximum atomic E-state index is 10.4. The van der Waals surface area contributed by atoms with Crippen LogP contribution in [0.3, 0.4) is 0 Å². The van der Waals surface area contributed by atoms with Gasteiger partial charge in [0.05, 0.1) is 0 Å². The molecule has 0 radical (unpaired) electrons. The van der Waals surface area contributed by atoms with Crippen LogP contribution < -0.4 is 5.48 Å². The predicted octanol–water partition coefficient (Wildman–Crippen LogP) is -0.0183. The topological polar surface area (TPSA) is 38.3 Å². The Bertz CT molecular complexity index is 106. The first-order chi connectivity index (χ1) is 4.31. The predicted molar refractivity (Wildman–Crippen MR) is 41.7 cm³/mol. The molecule has 0 aromatic carbocycles. The molecule has 0 aliphatic heterocycles. The van der Waals surface area contributed by atoms with E-state index in [4.69, 9.17) is 0 Å². The van der Waals surface area contributed by atoms with Crippen molar-refractivity contribution in [3.8, 4) is 0 Å². The zero-order chi connectivity index (χ0) is 7.11. The van der Waals surface area contributed by atoms with Gasteiger partial charge >= 0.3 is 35.5 Å². The van der Waals surface area contributed by atoms with Gasteiger partial charge in [0, 0.05) is 13.0 Å². The van der Waals surface area contributed by atoms with Crippen LogP contribution in [0.2, 0.25) is 0 Å². The Morgan fingerprint density at radius 3 is 2.80 bits per heavy atom. The number of nitrogens with one attached hydrogen (secondary N) is 1. The van der Waals surface area contributed by atoms with Gasteiger partial charge in [-0.1, -0.05) is 13.0 Å². The zero-order valence-corrected chi connectivity index (χ0v) is 5.52. The molecule has 0 bridgehead atoms. The van der Waals surface area contributed by atoms with E-state index in [1.54, 1.807) is 13.0 Å². The summed E-state index contributed by atoms with van der Waals surface area (Å²) in [6.45, 7) is 5.66. The number of carbonyl (C=O) groups is 1. The van der Waals surface area contributed by atoms with Crippen molar-refractivity contribution < 1.29 is 9.63 Å². The molecule has 0 rings (SSSR count). The minimum absolute atomic E-state index is 0. The first-order valence-corrected chi connectivity index (χ1v) is 2.84. The molecule has 0 heterocycles. The van der Waals surface area contributed by atoms with Crippen LogP contribution in [-0.2, 0) is 9.63 Å². The monoisotopic (exact) mass is 153 g/mol. The zero-order valence-electron chi connectivity index (χ0n) is 5.52. The van der Waals surface area contributed by atoms with E-state index < -0.39 is 0 Å². The van der Waals surface area contributed by atoms with Crippen molar-refractivity contribution in [2.45, 2.75) is 13.3 Å². The summed E-state index contributed by atoms with van der Waals surface area (Å²) in [6, 6.07) is 0. The fraction of sp³-hybridized carbons (Fsp3) is 0.500. The molecular formula is C6H12NNaO2. The number of hydroxylamine groups is 1. The van der Waals surface area contributed by atoms with Gasteiger partial charge in [0.25, 0.3) is 0 Å². The first kappa shape index (κ1) is 12.8. The third-order valence-electron chi connectivity index (χ3n) is 0.702. The molecule has 0 atom stereocenters. The normalized spacial score (nSPS) is 7.70. The Morgan fingerprint density at radius 2 is 2.40 bits per heavy atom. The molecule has 0 aliphatic rings. The van der Waals surface area contributed by atoms with Gasteiger partial charge in [-0.25, -0.2) is 0 Å². The van der Waals surface area contributed by atoms with E-state index in [-0.39, 0.29) is 35.5 Å². The van der Waals surface area contributed by atoms with Crippen LogP contribution in [0.15, 0.2) is 12.7 Å². The molecular weight excluding hydrogens is 141 g/mol. The van der Waals surface area contributed by atoms with Crippen molar-refractivity contribution in [2.24, 2.45) is 0 Å². The van der Waals surface area contributed by atoms with E-state index in [2.05, 4.69) is 16.9 Å². The van der Waals surface area contributed by atoms with Crippen molar-refractivity contribution in [1.82, 2.24) is 5.48 Å². The van der Waals surface area contributed by atoms with Crippen LogP contribution in [0.5, 0.6) is 0 Å². The van der Waals surface area contributed by atoms with Crippen molar-refractivity contribution >= 4 is 35.5 Å². The number of hydrogen-bond acceptors (Lipinski definition) is 3. The third-order valence-corrected chi connectivity index (χ3v) is 0.702. The number of carbonyl (C=O) groups excluding carboxylic acids is 1. The Hall–Kier alpha value is 0.170. The van der Waals surface area contributed by atoms with Crippen LogP contribution >= 0.6 is 0 Å². The van der Waals surface area contributed by atoms with Crippen molar-refractivity contribution in [1.29, 1.82) is 0 Å². The first-order valence-electron chi connectivity index (χ1n) is 2.84. The molecule has 4 heteroatoms. The Morgan fingerprint density at radius 1 is 1.80 bits per heavy atom. The van der Waals surface area contributed by atoms with E-state index in [0.29, 0.717) is 13.0 Å². The second kappa shape index (κ2) is 9.17. The Balaban J connectivity index is 0. The van der Waals surface area contributed by atoms with Crippen molar-refractivity contribution in [3.63, 3.8) is 0 Å². The molecule has 0 saturated heterocycles. The molecule has 0 aliphatic carbocycles. The molecule has 0 fully saturated rings. The van der Waals surface area contributed by atoms with Gasteiger partial charge in [0.1, 0.15) is 0 Å². The van der Waals surface area contributed by atoms with E-state index >= 15 is 0 Å². The van der Waals surface area contributed by atoms with Crippen LogP contribution in [0.1, 0.15) is 13.3 Å². The molecule has 0 aromatic heterocycles. The summed E-state index contributed by atoms with van der Waals surface area (Å²) in [7, 11) is 0. The van der Waals surface area contributed by atoms with Crippen LogP contribution in [-0.4, -0.2) is 42.1 Å². The van der Waals surface area contributed by atoms with Crippen LogP contribution in [0.25, 0.3) is 0 Å². The van der Waals surface area contributed by atoms with Gasteiger partial charge < -0.3 is 4.84 Å². The quantitative estimate of drug-likeness (QED) is 0.267. The Labute approximate surface area is 83.1 Å². The summed E-state index contributed by atoms with van der Waals surface area (Å²) in [5, 5.41) is 0. The average molecular weight is 153 g/mol. The van der Waals surface area contributed by atoms with Gasteiger partial charge in [-0.3, -0.25) is 4.79 Å². The van der Waals surface area contributed by atoms with Crippen molar-refractivity contribution in [2.75, 3.05) is 6.54 Å². The summed E-state index contributed by atoms with van der Waals surface area (Å²) < 4.78 is 0. The van der Waals surface area contributed by atoms with Crippen LogP contribution in [0, 0.1) is 0 Å². The van der Waals surface area contributed by atoms with E-state index in [0.717, 1.165) is 0 Å². The summed E-state index contributed by atoms with van der Waals surface area (Å²) in [5.41, 5.74) is 2.42. The average Bonchev–Trinajstić information content (AvgIpc) is 1.89. The molecule has 10 heavy (non-hydrogen) atoms. The fourth-order valence-corrected chi connectivity index (χ4v) is 0.253. The summed E-state index contributed by atoms with van der Waals surface area (Å²) in [5.74, 6) is -0.253. The summed E-state index contributed by atoms with van der Waals surface area (Å²) in [6.07, 6.45) is 2.01. The molecule has 0 spiro atoms. The van der Waals surface area contributed by atoms with Gasteiger partial charge in [-0.2, -0.15) is 0 Å². The van der Waals surface area contributed by atoms with E-state index in [1.807, 2.05) is 0 Å². The minimum atomic E-state index is -0.253. The maximum absolute atomic E-state index is 10.4. The van der Waals surface area contributed by atoms with Gasteiger partial charge in [-0.05, 0) is 0 Å². The standard InChI is InChI=1S/C6H11NO2.Na.H/c1-3-5-7-9-6(8)4-2;;/h3,7H,1,4-5H2,2H3;;. The number of rotatable bonds is 4. The molecule has 1 N–H and O–H groups in total. The number of hydrogen-bond donors (Lipinski definition) is 1. The van der Waals surface area contributed by atoms with Gasteiger partial charge in [0.2, 0.25) is 0 Å². The third kappa shape index (κ3) is 8.17. The Kier molecular flexibility index (Phi) is 11.7. The second-order valence-corrected chi connectivity index (χ2v) is 1.46. The van der Waals surface area contributed by atoms with Gasteiger partial charge in [0.15, 0.2) is 0 Å².